The number of esters is 1. The number of nitrogens with one attached hydrogen (secondary N) is 1. The third-order valence-electron chi connectivity index (χ3n) is 2.04. The van der Waals surface area contributed by atoms with Crippen molar-refractivity contribution in [3.63, 3.8) is 0 Å². The Bertz CT molecular complexity index is 432. The van der Waals surface area contributed by atoms with Crippen molar-refractivity contribution in [2.45, 2.75) is 6.92 Å². The number of rotatable bonds is 5. The Balaban J connectivity index is 2.78. The lowest BCUT2D eigenvalue weighted by molar-refractivity contribution is -0.140. The summed E-state index contributed by atoms with van der Waals surface area (Å²) in [6, 6.07) is 4.61. The fourth-order valence-electron chi connectivity index (χ4n) is 1.30. The van der Waals surface area contributed by atoms with E-state index in [1.54, 1.807) is 19.1 Å². The summed E-state index contributed by atoms with van der Waals surface area (Å²) in [5, 5.41) is 2.76. The molecule has 0 saturated carbocycles. The molecule has 0 radical (unpaired) electrons. The number of nitrogens with two attached hydrogens (primary N) is 2. The standard InChI is InChI=1S/C11H15N3O3/c1-2-17-10(15)6-14-9-5-7(12)3-4-8(9)11(13)16/h3-5,14H,2,6,12H2,1H3,(H2,13,16). The van der Waals surface area contributed by atoms with Gasteiger partial charge in [-0.05, 0) is 25.1 Å². The van der Waals surface area contributed by atoms with Crippen LogP contribution >= 0.6 is 0 Å². The van der Waals surface area contributed by atoms with E-state index in [4.69, 9.17) is 16.2 Å². The highest BCUT2D eigenvalue weighted by Crippen LogP contribution is 2.18. The number of amides is 1. The molecule has 5 N–H and O–H groups in total. The van der Waals surface area contributed by atoms with Crippen molar-refractivity contribution < 1.29 is 14.3 Å². The number of carbonyl (C=O) groups is 2. The first kappa shape index (κ1) is 12.8. The molecule has 0 aliphatic carbocycles. The fourth-order valence-corrected chi connectivity index (χ4v) is 1.30. The van der Waals surface area contributed by atoms with E-state index in [0.717, 1.165) is 0 Å². The molecule has 17 heavy (non-hydrogen) atoms. The molecule has 1 rings (SSSR count). The van der Waals surface area contributed by atoms with Gasteiger partial charge in [0.25, 0.3) is 5.91 Å². The zero-order valence-electron chi connectivity index (χ0n) is 9.53. The van der Waals surface area contributed by atoms with E-state index < -0.39 is 11.9 Å². The molecule has 92 valence electrons. The van der Waals surface area contributed by atoms with E-state index >= 15 is 0 Å². The lowest BCUT2D eigenvalue weighted by Crippen LogP contribution is -2.20. The molecule has 0 fully saturated rings. The molecule has 0 atom stereocenters. The van der Waals surface area contributed by atoms with Crippen LogP contribution in [0.15, 0.2) is 18.2 Å². The van der Waals surface area contributed by atoms with Crippen LogP contribution in [0.3, 0.4) is 0 Å². The molecule has 0 unspecified atom stereocenters. The maximum Gasteiger partial charge on any atom is 0.325 e. The van der Waals surface area contributed by atoms with E-state index in [1.165, 1.54) is 6.07 Å². The van der Waals surface area contributed by atoms with Gasteiger partial charge in [-0.3, -0.25) is 9.59 Å². The highest BCUT2D eigenvalue weighted by Gasteiger charge is 2.09. The van der Waals surface area contributed by atoms with Gasteiger partial charge in [-0.25, -0.2) is 0 Å². The molecule has 0 saturated heterocycles. The molecule has 1 amide bonds. The first-order valence-electron chi connectivity index (χ1n) is 5.13. The zero-order valence-corrected chi connectivity index (χ0v) is 9.53. The van der Waals surface area contributed by atoms with E-state index in [9.17, 15) is 9.59 Å². The van der Waals surface area contributed by atoms with Gasteiger partial charge in [-0.15, -0.1) is 0 Å². The Labute approximate surface area is 98.9 Å². The predicted molar refractivity (Wildman–Crippen MR) is 64.5 cm³/mol. The fraction of sp³-hybridized carbons (Fsp3) is 0.273. The third-order valence-corrected chi connectivity index (χ3v) is 2.04. The number of primary amides is 1. The van der Waals surface area contributed by atoms with Crippen LogP contribution in [0.25, 0.3) is 0 Å². The van der Waals surface area contributed by atoms with Crippen LogP contribution in [0, 0.1) is 0 Å². The van der Waals surface area contributed by atoms with Crippen molar-refractivity contribution in [2.24, 2.45) is 5.73 Å². The number of hydrogen-bond acceptors (Lipinski definition) is 5. The predicted octanol–water partition coefficient (Wildman–Crippen LogP) is 0.343. The minimum atomic E-state index is -0.587. The number of anilines is 2. The molecule has 6 heteroatoms. The van der Waals surface area contributed by atoms with Crippen molar-refractivity contribution in [3.05, 3.63) is 23.8 Å². The van der Waals surface area contributed by atoms with E-state index in [-0.39, 0.29) is 12.1 Å². The van der Waals surface area contributed by atoms with Crippen LogP contribution in [0.2, 0.25) is 0 Å². The van der Waals surface area contributed by atoms with Crippen molar-refractivity contribution in [3.8, 4) is 0 Å². The molecule has 0 spiro atoms. The minimum absolute atomic E-state index is 0.0441. The number of hydrogen-bond donors (Lipinski definition) is 3. The van der Waals surface area contributed by atoms with Crippen LogP contribution in [0.1, 0.15) is 17.3 Å². The van der Waals surface area contributed by atoms with Gasteiger partial charge in [0.15, 0.2) is 0 Å². The lowest BCUT2D eigenvalue weighted by atomic mass is 10.1. The monoisotopic (exact) mass is 237 g/mol. The highest BCUT2D eigenvalue weighted by molar-refractivity contribution is 5.99. The molecule has 1 aromatic carbocycles. The van der Waals surface area contributed by atoms with Crippen LogP contribution < -0.4 is 16.8 Å². The zero-order chi connectivity index (χ0) is 12.8. The third kappa shape index (κ3) is 3.67. The second kappa shape index (κ2) is 5.74. The van der Waals surface area contributed by atoms with Gasteiger partial charge in [0, 0.05) is 11.4 Å². The smallest absolute Gasteiger partial charge is 0.325 e. The number of nitrogen functional groups attached to an aromatic ring is 1. The van der Waals surface area contributed by atoms with Crippen LogP contribution in [-0.2, 0) is 9.53 Å². The van der Waals surface area contributed by atoms with Crippen molar-refractivity contribution in [2.75, 3.05) is 24.2 Å². The Hall–Kier alpha value is -2.24. The summed E-state index contributed by atoms with van der Waals surface area (Å²) in [6.45, 7) is 1.98. The van der Waals surface area contributed by atoms with Gasteiger partial charge < -0.3 is 21.5 Å². The molecular formula is C11H15N3O3. The molecule has 0 aliphatic rings. The van der Waals surface area contributed by atoms with Crippen LogP contribution in [0.4, 0.5) is 11.4 Å². The Morgan fingerprint density at radius 1 is 1.41 bits per heavy atom. The summed E-state index contributed by atoms with van der Waals surface area (Å²) in [5.41, 5.74) is 12.0. The summed E-state index contributed by atoms with van der Waals surface area (Å²) in [5.74, 6) is -0.998. The number of benzene rings is 1. The summed E-state index contributed by atoms with van der Waals surface area (Å²) >= 11 is 0. The Morgan fingerprint density at radius 2 is 2.12 bits per heavy atom. The van der Waals surface area contributed by atoms with Gasteiger partial charge in [-0.1, -0.05) is 0 Å². The largest absolute Gasteiger partial charge is 0.465 e. The average Bonchev–Trinajstić information content (AvgIpc) is 2.26. The first-order valence-corrected chi connectivity index (χ1v) is 5.13. The summed E-state index contributed by atoms with van der Waals surface area (Å²) < 4.78 is 4.75. The highest BCUT2D eigenvalue weighted by atomic mass is 16.5. The van der Waals surface area contributed by atoms with Gasteiger partial charge in [-0.2, -0.15) is 0 Å². The molecule has 6 nitrogen and oxygen atoms in total. The maximum absolute atomic E-state index is 11.2. The van der Waals surface area contributed by atoms with Crippen LogP contribution in [-0.4, -0.2) is 25.0 Å². The van der Waals surface area contributed by atoms with Crippen molar-refractivity contribution >= 4 is 23.3 Å². The van der Waals surface area contributed by atoms with Gasteiger partial charge in [0.1, 0.15) is 6.54 Å². The lowest BCUT2D eigenvalue weighted by Gasteiger charge is -2.10. The van der Waals surface area contributed by atoms with Gasteiger partial charge in [0.2, 0.25) is 0 Å². The Kier molecular flexibility index (Phi) is 4.33. The second-order valence-corrected chi connectivity index (χ2v) is 3.33. The number of carbonyl (C=O) groups excluding carboxylic acids is 2. The molecule has 0 aromatic heterocycles. The topological polar surface area (TPSA) is 107 Å². The van der Waals surface area contributed by atoms with Crippen molar-refractivity contribution in [1.82, 2.24) is 0 Å². The molecule has 1 aromatic rings. The Morgan fingerprint density at radius 3 is 2.71 bits per heavy atom. The van der Waals surface area contributed by atoms with Crippen molar-refractivity contribution in [1.29, 1.82) is 0 Å². The number of ether oxygens (including phenoxy) is 1. The summed E-state index contributed by atoms with van der Waals surface area (Å²) in [7, 11) is 0. The van der Waals surface area contributed by atoms with E-state index in [1.807, 2.05) is 0 Å². The average molecular weight is 237 g/mol. The molecule has 0 heterocycles. The van der Waals surface area contributed by atoms with Gasteiger partial charge in [0.05, 0.1) is 12.2 Å². The SMILES string of the molecule is CCOC(=O)CNc1cc(N)ccc1C(N)=O. The quantitative estimate of drug-likeness (QED) is 0.505. The van der Waals surface area contributed by atoms with Crippen LogP contribution in [0.5, 0.6) is 0 Å². The minimum Gasteiger partial charge on any atom is -0.465 e. The maximum atomic E-state index is 11.2. The van der Waals surface area contributed by atoms with E-state index in [2.05, 4.69) is 5.32 Å². The molecular weight excluding hydrogens is 222 g/mol. The first-order chi connectivity index (χ1) is 8.04. The van der Waals surface area contributed by atoms with Gasteiger partial charge >= 0.3 is 5.97 Å². The molecule has 0 bridgehead atoms. The normalized spacial score (nSPS) is 9.71. The second-order valence-electron chi connectivity index (χ2n) is 3.33. The van der Waals surface area contributed by atoms with E-state index in [0.29, 0.717) is 18.0 Å². The summed E-state index contributed by atoms with van der Waals surface area (Å²) in [4.78, 5) is 22.3. The summed E-state index contributed by atoms with van der Waals surface area (Å²) in [6.07, 6.45) is 0. The molecule has 0 aliphatic heterocycles.